The van der Waals surface area contributed by atoms with Crippen LogP contribution >= 0.6 is 15.9 Å². The van der Waals surface area contributed by atoms with Gasteiger partial charge in [-0.25, -0.2) is 0 Å². The van der Waals surface area contributed by atoms with Crippen LogP contribution in [0.5, 0.6) is 0 Å². The zero-order chi connectivity index (χ0) is 12.1. The van der Waals surface area contributed by atoms with Crippen LogP contribution in [-0.4, -0.2) is 29.6 Å². The Hall–Kier alpha value is -1.38. The molecule has 0 heterocycles. The van der Waals surface area contributed by atoms with Crippen LogP contribution in [-0.2, 0) is 4.79 Å². The molecule has 1 N–H and O–H groups in total. The summed E-state index contributed by atoms with van der Waals surface area (Å²) in [6.45, 7) is -0.158. The first-order valence-electron chi connectivity index (χ1n) is 4.61. The van der Waals surface area contributed by atoms with Gasteiger partial charge in [0.1, 0.15) is 6.04 Å². The predicted molar refractivity (Wildman–Crippen MR) is 62.8 cm³/mol. The summed E-state index contributed by atoms with van der Waals surface area (Å²) in [4.78, 5) is 12.0. The molecular weight excluding hydrogens is 272 g/mol. The molecule has 5 heteroatoms. The molecule has 0 aliphatic heterocycles. The van der Waals surface area contributed by atoms with Gasteiger partial charge in [-0.15, -0.1) is 0 Å². The summed E-state index contributed by atoms with van der Waals surface area (Å²) < 4.78 is 0.925. The maximum absolute atomic E-state index is 10.6. The third-order valence-electron chi connectivity index (χ3n) is 2.13. The Kier molecular flexibility index (Phi) is 4.47. The minimum absolute atomic E-state index is 0.158. The lowest BCUT2D eigenvalue weighted by atomic mass is 10.1. The number of hydrogen-bond donors (Lipinski definition) is 1. The number of hydrogen-bond acceptors (Lipinski definition) is 3. The SMILES string of the molecule is CN(CC(=O)O)C(C#N)c1ccc(Br)cc1. The summed E-state index contributed by atoms with van der Waals surface area (Å²) in [5.41, 5.74) is 0.787. The molecule has 0 spiro atoms. The van der Waals surface area contributed by atoms with Crippen molar-refractivity contribution in [1.29, 1.82) is 5.26 Å². The minimum Gasteiger partial charge on any atom is -0.480 e. The molecule has 0 saturated carbocycles. The highest BCUT2D eigenvalue weighted by Gasteiger charge is 2.18. The van der Waals surface area contributed by atoms with E-state index in [0.29, 0.717) is 0 Å². The van der Waals surface area contributed by atoms with Gasteiger partial charge in [0.25, 0.3) is 0 Å². The van der Waals surface area contributed by atoms with Crippen molar-refractivity contribution in [1.82, 2.24) is 4.90 Å². The van der Waals surface area contributed by atoms with Gasteiger partial charge >= 0.3 is 5.97 Å². The lowest BCUT2D eigenvalue weighted by Gasteiger charge is -2.20. The van der Waals surface area contributed by atoms with Crippen molar-refractivity contribution in [2.45, 2.75) is 6.04 Å². The number of rotatable bonds is 4. The summed E-state index contributed by atoms with van der Waals surface area (Å²) in [5.74, 6) is -0.945. The molecule has 0 amide bonds. The second-order valence-corrected chi connectivity index (χ2v) is 4.31. The third-order valence-corrected chi connectivity index (χ3v) is 2.66. The summed E-state index contributed by atoms with van der Waals surface area (Å²) >= 11 is 3.30. The van der Waals surface area contributed by atoms with E-state index in [-0.39, 0.29) is 6.54 Å². The Balaban J connectivity index is 2.86. The molecule has 0 fully saturated rings. The molecule has 4 nitrogen and oxygen atoms in total. The van der Waals surface area contributed by atoms with Crippen molar-refractivity contribution in [2.24, 2.45) is 0 Å². The average Bonchev–Trinajstić information content (AvgIpc) is 2.21. The van der Waals surface area contributed by atoms with Crippen LogP contribution in [0.2, 0.25) is 0 Å². The Morgan fingerprint density at radius 3 is 2.56 bits per heavy atom. The van der Waals surface area contributed by atoms with E-state index in [9.17, 15) is 4.79 Å². The van der Waals surface area contributed by atoms with Crippen molar-refractivity contribution in [3.63, 3.8) is 0 Å². The first-order chi connectivity index (χ1) is 7.54. The highest BCUT2D eigenvalue weighted by molar-refractivity contribution is 9.10. The topological polar surface area (TPSA) is 64.3 Å². The van der Waals surface area contributed by atoms with Crippen molar-refractivity contribution in [3.05, 3.63) is 34.3 Å². The molecule has 1 aromatic rings. The van der Waals surface area contributed by atoms with Gasteiger partial charge < -0.3 is 5.11 Å². The van der Waals surface area contributed by atoms with Crippen molar-refractivity contribution in [2.75, 3.05) is 13.6 Å². The predicted octanol–water partition coefficient (Wildman–Crippen LogP) is 2.03. The third kappa shape index (κ3) is 3.33. The number of nitrogens with zero attached hydrogens (tertiary/aromatic N) is 2. The van der Waals surface area contributed by atoms with E-state index < -0.39 is 12.0 Å². The molecule has 1 rings (SSSR count). The smallest absolute Gasteiger partial charge is 0.317 e. The summed E-state index contributed by atoms with van der Waals surface area (Å²) in [7, 11) is 1.62. The number of aliphatic carboxylic acids is 1. The van der Waals surface area contributed by atoms with Crippen molar-refractivity contribution < 1.29 is 9.90 Å². The standard InChI is InChI=1S/C11H11BrN2O2/c1-14(7-11(15)16)10(6-13)8-2-4-9(12)5-3-8/h2-5,10H,7H2,1H3,(H,15,16). The maximum Gasteiger partial charge on any atom is 0.317 e. The number of likely N-dealkylation sites (N-methyl/N-ethyl adjacent to an activating group) is 1. The van der Waals surface area contributed by atoms with Gasteiger partial charge in [-0.3, -0.25) is 9.69 Å². The lowest BCUT2D eigenvalue weighted by molar-refractivity contribution is -0.138. The number of carboxylic acid groups (broad SMARTS) is 1. The molecule has 1 atom stereocenters. The van der Waals surface area contributed by atoms with Crippen LogP contribution < -0.4 is 0 Å². The average molecular weight is 283 g/mol. The van der Waals surface area contributed by atoms with Crippen LogP contribution in [0.15, 0.2) is 28.7 Å². The molecule has 0 saturated heterocycles. The van der Waals surface area contributed by atoms with E-state index in [4.69, 9.17) is 10.4 Å². The monoisotopic (exact) mass is 282 g/mol. The highest BCUT2D eigenvalue weighted by Crippen LogP contribution is 2.20. The summed E-state index contributed by atoms with van der Waals surface area (Å²) in [6.07, 6.45) is 0. The largest absolute Gasteiger partial charge is 0.480 e. The number of carboxylic acids is 1. The first kappa shape index (κ1) is 12.7. The van der Waals surface area contributed by atoms with Gasteiger partial charge in [0.05, 0.1) is 12.6 Å². The maximum atomic E-state index is 10.6. The second kappa shape index (κ2) is 5.64. The van der Waals surface area contributed by atoms with Gasteiger partial charge in [-0.2, -0.15) is 5.26 Å². The van der Waals surface area contributed by atoms with E-state index in [1.54, 1.807) is 19.2 Å². The van der Waals surface area contributed by atoms with E-state index in [1.165, 1.54) is 4.90 Å². The van der Waals surface area contributed by atoms with Gasteiger partial charge in [0, 0.05) is 4.47 Å². The molecule has 0 aromatic heterocycles. The minimum atomic E-state index is -0.945. The van der Waals surface area contributed by atoms with E-state index in [1.807, 2.05) is 12.1 Å². The lowest BCUT2D eigenvalue weighted by Crippen LogP contribution is -2.29. The number of benzene rings is 1. The van der Waals surface area contributed by atoms with Crippen LogP contribution in [0.4, 0.5) is 0 Å². The van der Waals surface area contributed by atoms with E-state index >= 15 is 0 Å². The molecular formula is C11H11BrN2O2. The van der Waals surface area contributed by atoms with Crippen LogP contribution in [0.3, 0.4) is 0 Å². The molecule has 0 bridgehead atoms. The van der Waals surface area contributed by atoms with Gasteiger partial charge in [0.15, 0.2) is 0 Å². The molecule has 1 unspecified atom stereocenters. The second-order valence-electron chi connectivity index (χ2n) is 3.39. The summed E-state index contributed by atoms with van der Waals surface area (Å²) in [6, 6.07) is 8.81. The number of nitriles is 1. The Morgan fingerprint density at radius 1 is 1.56 bits per heavy atom. The fourth-order valence-electron chi connectivity index (χ4n) is 1.38. The fraction of sp³-hybridized carbons (Fsp3) is 0.273. The van der Waals surface area contributed by atoms with Crippen LogP contribution in [0.25, 0.3) is 0 Å². The highest BCUT2D eigenvalue weighted by atomic mass is 79.9. The van der Waals surface area contributed by atoms with Gasteiger partial charge in [-0.1, -0.05) is 28.1 Å². The Bertz CT molecular complexity index is 411. The molecule has 0 radical (unpaired) electrons. The molecule has 16 heavy (non-hydrogen) atoms. The zero-order valence-corrected chi connectivity index (χ0v) is 10.3. The molecule has 0 aliphatic rings. The van der Waals surface area contributed by atoms with E-state index in [2.05, 4.69) is 22.0 Å². The quantitative estimate of drug-likeness (QED) is 0.918. The van der Waals surface area contributed by atoms with Crippen LogP contribution in [0, 0.1) is 11.3 Å². The summed E-state index contributed by atoms with van der Waals surface area (Å²) in [5, 5.41) is 17.7. The fourth-order valence-corrected chi connectivity index (χ4v) is 1.64. The molecule has 1 aromatic carbocycles. The zero-order valence-electron chi connectivity index (χ0n) is 8.72. The normalized spacial score (nSPS) is 12.1. The van der Waals surface area contributed by atoms with Crippen molar-refractivity contribution in [3.8, 4) is 6.07 Å². The van der Waals surface area contributed by atoms with Gasteiger partial charge in [-0.05, 0) is 24.7 Å². The molecule has 0 aliphatic carbocycles. The first-order valence-corrected chi connectivity index (χ1v) is 5.41. The molecule has 84 valence electrons. The Labute approximate surface area is 102 Å². The number of halogens is 1. The van der Waals surface area contributed by atoms with Crippen LogP contribution in [0.1, 0.15) is 11.6 Å². The van der Waals surface area contributed by atoms with E-state index in [0.717, 1.165) is 10.0 Å². The Morgan fingerprint density at radius 2 is 2.12 bits per heavy atom. The van der Waals surface area contributed by atoms with Gasteiger partial charge in [0.2, 0.25) is 0 Å². The van der Waals surface area contributed by atoms with Crippen molar-refractivity contribution >= 4 is 21.9 Å². The number of carbonyl (C=O) groups is 1.